The van der Waals surface area contributed by atoms with Crippen molar-refractivity contribution in [3.63, 3.8) is 0 Å². The Kier molecular flexibility index (Phi) is 6.32. The number of benzene rings is 1. The number of terminal acetylenes is 1. The fraction of sp³-hybridized carbons (Fsp3) is 0.263. The number of hydrogen-bond acceptors (Lipinski definition) is 6. The van der Waals surface area contributed by atoms with Gasteiger partial charge in [-0.2, -0.15) is 5.26 Å². The first-order valence-corrected chi connectivity index (χ1v) is 8.55. The maximum atomic E-state index is 12.6. The number of nitrogens with zero attached hydrogens (tertiary/aromatic N) is 1. The van der Waals surface area contributed by atoms with Crippen LogP contribution in [0.5, 0.6) is 5.75 Å². The van der Waals surface area contributed by atoms with Crippen LogP contribution in [-0.2, 0) is 14.3 Å². The predicted octanol–water partition coefficient (Wildman–Crippen LogP) is 3.11. The summed E-state index contributed by atoms with van der Waals surface area (Å²) < 4.78 is 16.9. The normalized spacial score (nSPS) is 16.4. The molecule has 0 saturated heterocycles. The lowest BCUT2D eigenvalue weighted by Gasteiger charge is -2.28. The van der Waals surface area contributed by atoms with Gasteiger partial charge in [0.05, 0.1) is 18.1 Å². The molecule has 0 fully saturated rings. The van der Waals surface area contributed by atoms with Crippen LogP contribution >= 0.6 is 15.9 Å². The quantitative estimate of drug-likeness (QED) is 0.585. The molecule has 1 aliphatic heterocycles. The van der Waals surface area contributed by atoms with E-state index in [2.05, 4.69) is 21.9 Å². The molecule has 6 nitrogen and oxygen atoms in total. The number of nitrogens with two attached hydrogens (primary N) is 1. The molecule has 26 heavy (non-hydrogen) atoms. The highest BCUT2D eigenvalue weighted by Gasteiger charge is 2.38. The Morgan fingerprint density at radius 2 is 2.23 bits per heavy atom. The van der Waals surface area contributed by atoms with Crippen LogP contribution < -0.4 is 10.5 Å². The Morgan fingerprint density at radius 3 is 2.85 bits per heavy atom. The average Bonchev–Trinajstić information content (AvgIpc) is 2.60. The molecule has 1 aromatic rings. The first-order valence-electron chi connectivity index (χ1n) is 7.75. The number of allylic oxidation sites excluding steroid dienone is 2. The smallest absolute Gasteiger partial charge is 0.338 e. The highest BCUT2D eigenvalue weighted by Crippen LogP contribution is 2.43. The largest absolute Gasteiger partial charge is 0.481 e. The van der Waals surface area contributed by atoms with E-state index in [4.69, 9.17) is 26.4 Å². The first-order chi connectivity index (χ1) is 12.4. The van der Waals surface area contributed by atoms with Gasteiger partial charge in [0.25, 0.3) is 0 Å². The molecule has 0 spiro atoms. The minimum absolute atomic E-state index is 0.0381. The van der Waals surface area contributed by atoms with E-state index in [1.54, 1.807) is 32.0 Å². The summed E-state index contributed by atoms with van der Waals surface area (Å²) in [7, 11) is 0. The third kappa shape index (κ3) is 3.84. The average molecular weight is 417 g/mol. The first kappa shape index (κ1) is 19.4. The van der Waals surface area contributed by atoms with Crippen molar-refractivity contribution in [1.82, 2.24) is 0 Å². The Hall–Kier alpha value is -2.90. The Bertz CT molecular complexity index is 875. The molecule has 1 heterocycles. The molecular formula is C19H17BrN2O4. The fourth-order valence-corrected chi connectivity index (χ4v) is 3.04. The molecule has 1 unspecified atom stereocenters. The number of carbonyl (C=O) groups is 1. The monoisotopic (exact) mass is 416 g/mol. The molecule has 134 valence electrons. The molecule has 1 aliphatic rings. The number of esters is 1. The summed E-state index contributed by atoms with van der Waals surface area (Å²) in [6.45, 7) is 3.52. The third-order valence-corrected chi connectivity index (χ3v) is 4.19. The highest BCUT2D eigenvalue weighted by atomic mass is 79.9. The van der Waals surface area contributed by atoms with Crippen molar-refractivity contribution in [2.24, 2.45) is 5.73 Å². The second-order valence-electron chi connectivity index (χ2n) is 5.29. The van der Waals surface area contributed by atoms with E-state index in [1.807, 2.05) is 6.07 Å². The fourth-order valence-electron chi connectivity index (χ4n) is 2.66. The summed E-state index contributed by atoms with van der Waals surface area (Å²) in [6.07, 6.45) is 5.28. The number of carbonyl (C=O) groups excluding carboxylic acids is 1. The van der Waals surface area contributed by atoms with E-state index >= 15 is 0 Å². The van der Waals surface area contributed by atoms with Gasteiger partial charge in [0.1, 0.15) is 29.8 Å². The summed E-state index contributed by atoms with van der Waals surface area (Å²) in [4.78, 5) is 12.6. The van der Waals surface area contributed by atoms with Crippen LogP contribution in [0.15, 0.2) is 45.5 Å². The summed E-state index contributed by atoms with van der Waals surface area (Å²) in [6, 6.07) is 7.25. The van der Waals surface area contributed by atoms with Crippen molar-refractivity contribution >= 4 is 21.9 Å². The zero-order valence-corrected chi connectivity index (χ0v) is 15.9. The van der Waals surface area contributed by atoms with E-state index in [0.29, 0.717) is 11.3 Å². The van der Waals surface area contributed by atoms with Crippen molar-refractivity contribution in [2.45, 2.75) is 19.8 Å². The van der Waals surface area contributed by atoms with Crippen molar-refractivity contribution in [1.29, 1.82) is 5.26 Å². The van der Waals surface area contributed by atoms with Gasteiger partial charge in [-0.15, -0.1) is 6.42 Å². The predicted molar refractivity (Wildman–Crippen MR) is 98.5 cm³/mol. The zero-order valence-electron chi connectivity index (χ0n) is 14.3. The van der Waals surface area contributed by atoms with Gasteiger partial charge < -0.3 is 19.9 Å². The van der Waals surface area contributed by atoms with Crippen molar-refractivity contribution < 1.29 is 19.0 Å². The molecule has 0 bridgehead atoms. The van der Waals surface area contributed by atoms with E-state index in [-0.39, 0.29) is 36.0 Å². The maximum absolute atomic E-state index is 12.6. The van der Waals surface area contributed by atoms with Gasteiger partial charge in [-0.05, 0) is 32.0 Å². The topological polar surface area (TPSA) is 94.6 Å². The van der Waals surface area contributed by atoms with Crippen LogP contribution in [0.3, 0.4) is 0 Å². The lowest BCUT2D eigenvalue weighted by atomic mass is 9.82. The van der Waals surface area contributed by atoms with E-state index < -0.39 is 11.9 Å². The van der Waals surface area contributed by atoms with Gasteiger partial charge >= 0.3 is 5.97 Å². The summed E-state index contributed by atoms with van der Waals surface area (Å²) in [5.74, 6) is 1.66. The second kappa shape index (κ2) is 8.46. The van der Waals surface area contributed by atoms with Crippen molar-refractivity contribution in [3.05, 3.63) is 51.0 Å². The highest BCUT2D eigenvalue weighted by molar-refractivity contribution is 9.10. The Labute approximate surface area is 160 Å². The molecule has 1 aromatic carbocycles. The molecular weight excluding hydrogens is 400 g/mol. The van der Waals surface area contributed by atoms with Crippen molar-refractivity contribution in [2.75, 3.05) is 13.2 Å². The van der Waals surface area contributed by atoms with E-state index in [1.165, 1.54) is 0 Å². The van der Waals surface area contributed by atoms with Gasteiger partial charge in [0.15, 0.2) is 0 Å². The van der Waals surface area contributed by atoms with Gasteiger partial charge in [-0.1, -0.05) is 21.9 Å². The van der Waals surface area contributed by atoms with Crippen LogP contribution in [0.25, 0.3) is 0 Å². The second-order valence-corrected chi connectivity index (χ2v) is 6.21. The van der Waals surface area contributed by atoms with E-state index in [9.17, 15) is 10.1 Å². The van der Waals surface area contributed by atoms with Gasteiger partial charge in [0.2, 0.25) is 5.88 Å². The lowest BCUT2D eigenvalue weighted by Crippen LogP contribution is -2.26. The van der Waals surface area contributed by atoms with Gasteiger partial charge in [0, 0.05) is 10.0 Å². The Morgan fingerprint density at radius 1 is 1.50 bits per heavy atom. The summed E-state index contributed by atoms with van der Waals surface area (Å²) in [5.41, 5.74) is 6.75. The molecule has 2 N–H and O–H groups in total. The van der Waals surface area contributed by atoms with Crippen LogP contribution in [0, 0.1) is 23.7 Å². The molecule has 2 rings (SSSR count). The number of halogens is 1. The van der Waals surface area contributed by atoms with Crippen LogP contribution in [0.4, 0.5) is 0 Å². The molecule has 1 atom stereocenters. The zero-order chi connectivity index (χ0) is 19.3. The molecule has 0 saturated carbocycles. The number of ether oxygens (including phenoxy) is 3. The van der Waals surface area contributed by atoms with Crippen molar-refractivity contribution in [3.8, 4) is 24.2 Å². The maximum Gasteiger partial charge on any atom is 0.338 e. The van der Waals surface area contributed by atoms with E-state index in [0.717, 1.165) is 4.47 Å². The minimum atomic E-state index is -0.793. The lowest BCUT2D eigenvalue weighted by molar-refractivity contribution is -0.139. The molecule has 0 aliphatic carbocycles. The summed E-state index contributed by atoms with van der Waals surface area (Å²) in [5, 5.41) is 9.62. The molecule has 0 radical (unpaired) electrons. The van der Waals surface area contributed by atoms with Gasteiger partial charge in [-0.3, -0.25) is 0 Å². The van der Waals surface area contributed by atoms with Crippen LogP contribution in [0.1, 0.15) is 25.3 Å². The Balaban J connectivity index is 2.70. The SMILES string of the molecule is C#CCOc1ccc(Br)cc1C1C(C#N)=C(N)OC(C)=C1C(=O)OCC. The number of rotatable bonds is 5. The summed E-state index contributed by atoms with van der Waals surface area (Å²) >= 11 is 3.40. The number of nitriles is 1. The number of hydrogen-bond donors (Lipinski definition) is 1. The molecule has 7 heteroatoms. The molecule has 0 aromatic heterocycles. The minimum Gasteiger partial charge on any atom is -0.481 e. The van der Waals surface area contributed by atoms with Crippen LogP contribution in [0.2, 0.25) is 0 Å². The third-order valence-electron chi connectivity index (χ3n) is 3.69. The molecule has 0 amide bonds. The van der Waals surface area contributed by atoms with Crippen LogP contribution in [-0.4, -0.2) is 19.2 Å². The standard InChI is InChI=1S/C19H17BrN2O4/c1-4-8-25-15-7-6-12(20)9-13(15)17-14(10-21)18(22)26-11(3)16(17)19(23)24-5-2/h1,6-7,9,17H,5,8,22H2,2-3H3. The van der Waals surface area contributed by atoms with Gasteiger partial charge in [-0.25, -0.2) is 4.79 Å².